The number of imide groups is 1. The zero-order chi connectivity index (χ0) is 25.4. The molecule has 0 radical (unpaired) electrons. The number of thiophene rings is 1. The number of aryl methyl sites for hydroxylation is 1. The summed E-state index contributed by atoms with van der Waals surface area (Å²) in [5, 5.41) is 0.282. The van der Waals surface area contributed by atoms with Crippen LogP contribution in [0.3, 0.4) is 0 Å². The lowest BCUT2D eigenvalue weighted by atomic mass is 9.79. The molecule has 2 saturated heterocycles. The van der Waals surface area contributed by atoms with Gasteiger partial charge in [-0.1, -0.05) is 45.0 Å². The van der Waals surface area contributed by atoms with Gasteiger partial charge >= 0.3 is 5.97 Å². The fourth-order valence-electron chi connectivity index (χ4n) is 5.61. The zero-order valence-corrected chi connectivity index (χ0v) is 21.4. The van der Waals surface area contributed by atoms with E-state index in [4.69, 9.17) is 4.74 Å². The molecule has 5 rings (SSSR count). The summed E-state index contributed by atoms with van der Waals surface area (Å²) in [6.45, 7) is 9.12. The highest BCUT2D eigenvalue weighted by Gasteiger charge is 2.65. The van der Waals surface area contributed by atoms with Crippen LogP contribution in [-0.2, 0) is 19.1 Å². The number of nitrogens with zero attached hydrogens (tertiary/aromatic N) is 2. The third-order valence-corrected chi connectivity index (χ3v) is 8.62. The number of anilines is 1. The predicted molar refractivity (Wildman–Crippen MR) is 133 cm³/mol. The minimum atomic E-state index is -0.844. The van der Waals surface area contributed by atoms with E-state index in [2.05, 4.69) is 0 Å². The summed E-state index contributed by atoms with van der Waals surface area (Å²) in [5.74, 6) is -3.07. The molecule has 8 heteroatoms. The SMILES string of the molecule is COC(=O)c1c(N2C(=O)[C@@H]3[C@H](C2=O)[C@@H]2c4ccccc4C=CN2[C@@H]3C(=O)C(C)(C)C)sc(C)c1C. The van der Waals surface area contributed by atoms with Gasteiger partial charge in [-0.3, -0.25) is 14.4 Å². The van der Waals surface area contributed by atoms with Gasteiger partial charge in [0.1, 0.15) is 11.0 Å². The number of ether oxygens (including phenoxy) is 1. The molecule has 1 aromatic heterocycles. The molecule has 0 aliphatic carbocycles. The maximum atomic E-state index is 14.1. The van der Waals surface area contributed by atoms with Gasteiger partial charge in [-0.05, 0) is 36.6 Å². The number of fused-ring (bicyclic) bond motifs is 5. The van der Waals surface area contributed by atoms with Crippen molar-refractivity contribution in [2.45, 2.75) is 46.7 Å². The Balaban J connectivity index is 1.69. The smallest absolute Gasteiger partial charge is 0.341 e. The Morgan fingerprint density at radius 3 is 2.34 bits per heavy atom. The summed E-state index contributed by atoms with van der Waals surface area (Å²) in [4.78, 5) is 58.3. The maximum absolute atomic E-state index is 14.1. The molecular formula is C27H28N2O5S. The van der Waals surface area contributed by atoms with Crippen LogP contribution in [0, 0.1) is 31.1 Å². The molecule has 35 heavy (non-hydrogen) atoms. The number of methoxy groups -OCH3 is 1. The third-order valence-electron chi connectivity index (χ3n) is 7.43. The number of carbonyl (C=O) groups is 4. The predicted octanol–water partition coefficient (Wildman–Crippen LogP) is 4.28. The van der Waals surface area contributed by atoms with Gasteiger partial charge in [0.2, 0.25) is 11.8 Å². The van der Waals surface area contributed by atoms with Gasteiger partial charge in [-0.25, -0.2) is 9.69 Å². The third kappa shape index (κ3) is 3.22. The average molecular weight is 493 g/mol. The normalized spacial score (nSPS) is 25.0. The number of hydrogen-bond acceptors (Lipinski definition) is 7. The summed E-state index contributed by atoms with van der Waals surface area (Å²) >= 11 is 1.23. The molecule has 2 fully saturated rings. The van der Waals surface area contributed by atoms with Gasteiger partial charge in [0.15, 0.2) is 5.78 Å². The van der Waals surface area contributed by atoms with Crippen LogP contribution >= 0.6 is 11.3 Å². The van der Waals surface area contributed by atoms with E-state index < -0.39 is 41.2 Å². The summed E-state index contributed by atoms with van der Waals surface area (Å²) < 4.78 is 4.98. The standard InChI is InChI=1S/C27H28N2O5S/c1-13-14(2)35-25(17(13)26(33)34-6)29-23(31)18-19(24(29)32)21(22(30)27(3,4)5)28-12-11-15-9-7-8-10-16(15)20(18)28/h7-12,18-21H,1-6H3/t18-,19+,20-,21-/m0/s1. The monoisotopic (exact) mass is 492 g/mol. The summed E-state index contributed by atoms with van der Waals surface area (Å²) in [5.41, 5.74) is 2.09. The van der Waals surface area contributed by atoms with Crippen molar-refractivity contribution < 1.29 is 23.9 Å². The highest BCUT2D eigenvalue weighted by molar-refractivity contribution is 7.17. The van der Waals surface area contributed by atoms with Crippen molar-refractivity contribution in [2.75, 3.05) is 12.0 Å². The minimum absolute atomic E-state index is 0.0891. The lowest BCUT2D eigenvalue weighted by Gasteiger charge is -2.37. The average Bonchev–Trinajstić information content (AvgIpc) is 3.40. The lowest BCUT2D eigenvalue weighted by molar-refractivity contribution is -0.135. The van der Waals surface area contributed by atoms with E-state index in [1.54, 1.807) is 6.92 Å². The first-order chi connectivity index (χ1) is 16.5. The van der Waals surface area contributed by atoms with E-state index >= 15 is 0 Å². The number of amides is 2. The van der Waals surface area contributed by atoms with E-state index in [9.17, 15) is 19.2 Å². The van der Waals surface area contributed by atoms with Crippen LogP contribution in [0.15, 0.2) is 30.5 Å². The largest absolute Gasteiger partial charge is 0.465 e. The Bertz CT molecular complexity index is 1320. The van der Waals surface area contributed by atoms with Crippen molar-refractivity contribution in [1.82, 2.24) is 4.90 Å². The maximum Gasteiger partial charge on any atom is 0.341 e. The number of ketones is 1. The van der Waals surface area contributed by atoms with Crippen molar-refractivity contribution in [3.8, 4) is 0 Å². The first-order valence-corrected chi connectivity index (χ1v) is 12.5. The number of rotatable bonds is 3. The molecular weight excluding hydrogens is 464 g/mol. The van der Waals surface area contributed by atoms with Crippen LogP contribution in [0.5, 0.6) is 0 Å². The number of benzene rings is 1. The second kappa shape index (κ2) is 7.88. The minimum Gasteiger partial charge on any atom is -0.465 e. The molecule has 3 aliphatic rings. The first-order valence-electron chi connectivity index (χ1n) is 11.6. The van der Waals surface area contributed by atoms with Crippen molar-refractivity contribution in [3.05, 3.63) is 57.6 Å². The van der Waals surface area contributed by atoms with E-state index in [1.807, 2.05) is 69.1 Å². The Labute approximate surface area is 208 Å². The molecule has 2 amide bonds. The summed E-state index contributed by atoms with van der Waals surface area (Å²) in [7, 11) is 1.28. The highest BCUT2D eigenvalue weighted by atomic mass is 32.1. The molecule has 182 valence electrons. The van der Waals surface area contributed by atoms with Crippen LogP contribution in [0.1, 0.15) is 58.7 Å². The van der Waals surface area contributed by atoms with Crippen LogP contribution in [0.25, 0.3) is 6.08 Å². The first kappa shape index (κ1) is 23.5. The fourth-order valence-corrected chi connectivity index (χ4v) is 6.76. The summed E-state index contributed by atoms with van der Waals surface area (Å²) in [6.07, 6.45) is 3.79. The Hall–Kier alpha value is -3.26. The van der Waals surface area contributed by atoms with Crippen LogP contribution < -0.4 is 4.90 Å². The molecule has 0 N–H and O–H groups in total. The second-order valence-electron chi connectivity index (χ2n) is 10.4. The number of carbonyl (C=O) groups excluding carboxylic acids is 4. The molecule has 2 aromatic rings. The van der Waals surface area contributed by atoms with Gasteiger partial charge in [0, 0.05) is 16.5 Å². The van der Waals surface area contributed by atoms with E-state index in [0.717, 1.165) is 20.9 Å². The molecule has 4 atom stereocenters. The quantitative estimate of drug-likeness (QED) is 0.470. The molecule has 0 unspecified atom stereocenters. The number of Topliss-reactive ketones (excluding diaryl/α,β-unsaturated/α-hetero) is 1. The van der Waals surface area contributed by atoms with Crippen LogP contribution in [0.2, 0.25) is 0 Å². The summed E-state index contributed by atoms with van der Waals surface area (Å²) in [6, 6.07) is 6.54. The number of esters is 1. The molecule has 0 saturated carbocycles. The van der Waals surface area contributed by atoms with Gasteiger partial charge in [-0.15, -0.1) is 11.3 Å². The van der Waals surface area contributed by atoms with Crippen LogP contribution in [0.4, 0.5) is 5.00 Å². The second-order valence-corrected chi connectivity index (χ2v) is 11.6. The van der Waals surface area contributed by atoms with Gasteiger partial charge in [0.25, 0.3) is 0 Å². The van der Waals surface area contributed by atoms with E-state index in [1.165, 1.54) is 18.4 Å². The Morgan fingerprint density at radius 2 is 1.69 bits per heavy atom. The van der Waals surface area contributed by atoms with E-state index in [0.29, 0.717) is 5.56 Å². The van der Waals surface area contributed by atoms with Gasteiger partial charge in [-0.2, -0.15) is 0 Å². The van der Waals surface area contributed by atoms with Gasteiger partial charge in [0.05, 0.1) is 30.6 Å². The van der Waals surface area contributed by atoms with Crippen molar-refractivity contribution in [3.63, 3.8) is 0 Å². The molecule has 0 bridgehead atoms. The van der Waals surface area contributed by atoms with Gasteiger partial charge < -0.3 is 9.64 Å². The molecule has 3 aliphatic heterocycles. The molecule has 0 spiro atoms. The zero-order valence-electron chi connectivity index (χ0n) is 20.6. The number of hydrogen-bond donors (Lipinski definition) is 0. The Morgan fingerprint density at radius 1 is 1.03 bits per heavy atom. The fraction of sp³-hybridized carbons (Fsp3) is 0.407. The van der Waals surface area contributed by atoms with Crippen molar-refractivity contribution >= 4 is 46.0 Å². The van der Waals surface area contributed by atoms with Crippen LogP contribution in [-0.4, -0.2) is 41.6 Å². The molecule has 1 aromatic carbocycles. The molecule has 4 heterocycles. The Kier molecular flexibility index (Phi) is 5.29. The highest BCUT2D eigenvalue weighted by Crippen LogP contribution is 2.55. The topological polar surface area (TPSA) is 84.0 Å². The van der Waals surface area contributed by atoms with Crippen molar-refractivity contribution in [1.29, 1.82) is 0 Å². The van der Waals surface area contributed by atoms with Crippen molar-refractivity contribution in [2.24, 2.45) is 17.3 Å². The molecule has 7 nitrogen and oxygen atoms in total. The lowest BCUT2D eigenvalue weighted by Crippen LogP contribution is -2.47. The van der Waals surface area contributed by atoms with E-state index in [-0.39, 0.29) is 22.3 Å².